The van der Waals surface area contributed by atoms with Gasteiger partial charge in [0, 0.05) is 32.8 Å². The number of halogens is 3. The molecule has 0 radical (unpaired) electrons. The first kappa shape index (κ1) is 23.3. The van der Waals surface area contributed by atoms with Crippen molar-refractivity contribution in [3.05, 3.63) is 76.1 Å². The first-order chi connectivity index (χ1) is 15.7. The summed E-state index contributed by atoms with van der Waals surface area (Å²) in [6, 6.07) is 16.6. The summed E-state index contributed by atoms with van der Waals surface area (Å²) in [5.41, 5.74) is 1.81. The van der Waals surface area contributed by atoms with E-state index < -0.39 is 18.3 Å². The van der Waals surface area contributed by atoms with Gasteiger partial charge in [0.05, 0.1) is 12.1 Å². The maximum atomic E-state index is 12.8. The molecule has 33 heavy (non-hydrogen) atoms. The minimum atomic E-state index is -4.24. The lowest BCUT2D eigenvalue weighted by molar-refractivity contribution is -0.146. The fourth-order valence-electron chi connectivity index (χ4n) is 4.57. The van der Waals surface area contributed by atoms with Crippen LogP contribution in [0.2, 0.25) is 0 Å². The predicted molar refractivity (Wildman–Crippen MR) is 120 cm³/mol. The third-order valence-electron chi connectivity index (χ3n) is 6.24. The monoisotopic (exact) mass is 460 g/mol. The minimum absolute atomic E-state index is 0.0291. The molecular weight excluding hydrogens is 433 g/mol. The summed E-state index contributed by atoms with van der Waals surface area (Å²) < 4.78 is 52.0. The molecule has 176 valence electrons. The largest absolute Gasteiger partial charge is 0.489 e. The van der Waals surface area contributed by atoms with E-state index in [-0.39, 0.29) is 12.1 Å². The van der Waals surface area contributed by atoms with E-state index >= 15 is 0 Å². The number of aromatic nitrogens is 1. The maximum absolute atomic E-state index is 12.8. The number of benzene rings is 2. The Morgan fingerprint density at radius 2 is 1.91 bits per heavy atom. The van der Waals surface area contributed by atoms with Gasteiger partial charge in [0.15, 0.2) is 0 Å². The van der Waals surface area contributed by atoms with Crippen LogP contribution in [0.5, 0.6) is 5.75 Å². The van der Waals surface area contributed by atoms with Crippen LogP contribution >= 0.6 is 0 Å². The standard InChI is InChI=1S/C25H27F3N2O3/c1-3-30-22-9-7-18(13-19(22)8-10-23(30)31)15-33-21-6-4-5-20(14-21)24(32-2)11-12-29(16-24)17-25(26,27)28/h4-10,13-14H,3,11-12,15-17H2,1-2H3. The maximum Gasteiger partial charge on any atom is 0.401 e. The summed E-state index contributed by atoms with van der Waals surface area (Å²) in [6.07, 6.45) is -3.76. The van der Waals surface area contributed by atoms with Crippen molar-refractivity contribution in [1.82, 2.24) is 9.47 Å². The van der Waals surface area contributed by atoms with Gasteiger partial charge in [0.1, 0.15) is 18.0 Å². The molecule has 2 aromatic carbocycles. The number of methoxy groups -OCH3 is 1. The number of likely N-dealkylation sites (tertiary alicyclic amines) is 1. The smallest absolute Gasteiger partial charge is 0.401 e. The molecule has 0 spiro atoms. The van der Waals surface area contributed by atoms with Crippen molar-refractivity contribution in [2.24, 2.45) is 0 Å². The van der Waals surface area contributed by atoms with Gasteiger partial charge in [-0.1, -0.05) is 18.2 Å². The quantitative estimate of drug-likeness (QED) is 0.512. The van der Waals surface area contributed by atoms with Gasteiger partial charge in [0.2, 0.25) is 0 Å². The fraction of sp³-hybridized carbons (Fsp3) is 0.400. The number of aryl methyl sites for hydroxylation is 1. The number of alkyl halides is 3. The molecule has 1 aliphatic rings. The Bertz CT molecular complexity index is 1190. The first-order valence-corrected chi connectivity index (χ1v) is 10.9. The van der Waals surface area contributed by atoms with Gasteiger partial charge in [-0.15, -0.1) is 0 Å². The molecule has 0 bridgehead atoms. The Morgan fingerprint density at radius 1 is 1.09 bits per heavy atom. The van der Waals surface area contributed by atoms with Crippen molar-refractivity contribution >= 4 is 10.9 Å². The van der Waals surface area contributed by atoms with Crippen LogP contribution in [0.15, 0.2) is 59.4 Å². The number of rotatable bonds is 7. The van der Waals surface area contributed by atoms with Crippen molar-refractivity contribution in [1.29, 1.82) is 0 Å². The molecule has 8 heteroatoms. The topological polar surface area (TPSA) is 43.7 Å². The molecule has 1 atom stereocenters. The summed E-state index contributed by atoms with van der Waals surface area (Å²) in [7, 11) is 1.54. The fourth-order valence-corrected chi connectivity index (χ4v) is 4.57. The van der Waals surface area contributed by atoms with Crippen molar-refractivity contribution in [2.45, 2.75) is 38.3 Å². The van der Waals surface area contributed by atoms with Crippen LogP contribution in [-0.4, -0.2) is 42.4 Å². The highest BCUT2D eigenvalue weighted by Gasteiger charge is 2.43. The zero-order valence-corrected chi connectivity index (χ0v) is 18.7. The average molecular weight is 460 g/mol. The molecule has 1 unspecified atom stereocenters. The highest BCUT2D eigenvalue weighted by atomic mass is 19.4. The highest BCUT2D eigenvalue weighted by molar-refractivity contribution is 5.79. The normalized spacial score (nSPS) is 19.3. The lowest BCUT2D eigenvalue weighted by Crippen LogP contribution is -2.37. The van der Waals surface area contributed by atoms with Crippen LogP contribution in [0.3, 0.4) is 0 Å². The summed E-state index contributed by atoms with van der Waals surface area (Å²) in [4.78, 5) is 13.4. The van der Waals surface area contributed by atoms with E-state index in [9.17, 15) is 18.0 Å². The number of fused-ring (bicyclic) bond motifs is 1. The molecule has 1 saturated heterocycles. The Labute approximate surface area is 190 Å². The van der Waals surface area contributed by atoms with E-state index in [2.05, 4.69) is 0 Å². The average Bonchev–Trinajstić information content (AvgIpc) is 3.20. The predicted octanol–water partition coefficient (Wildman–Crippen LogP) is 4.71. The summed E-state index contributed by atoms with van der Waals surface area (Å²) in [5.74, 6) is 0.622. The second-order valence-corrected chi connectivity index (χ2v) is 8.40. The number of ether oxygens (including phenoxy) is 2. The van der Waals surface area contributed by atoms with Gasteiger partial charge < -0.3 is 14.0 Å². The van der Waals surface area contributed by atoms with Crippen LogP contribution in [0.1, 0.15) is 24.5 Å². The van der Waals surface area contributed by atoms with Crippen LogP contribution in [0, 0.1) is 0 Å². The molecule has 3 aromatic rings. The van der Waals surface area contributed by atoms with E-state index in [1.165, 1.54) is 12.0 Å². The number of hydrogen-bond acceptors (Lipinski definition) is 4. The molecule has 0 saturated carbocycles. The lowest BCUT2D eigenvalue weighted by atomic mass is 9.92. The SMILES string of the molecule is CCn1c(=O)ccc2cc(COc3cccc(C4(OC)CCN(CC(F)(F)F)C4)c3)ccc21. The van der Waals surface area contributed by atoms with Gasteiger partial charge in [-0.3, -0.25) is 9.69 Å². The van der Waals surface area contributed by atoms with Gasteiger partial charge in [0.25, 0.3) is 5.56 Å². The van der Waals surface area contributed by atoms with Gasteiger partial charge in [-0.2, -0.15) is 13.2 Å². The summed E-state index contributed by atoms with van der Waals surface area (Å²) in [5, 5.41) is 0.959. The zero-order chi connectivity index (χ0) is 23.6. The second kappa shape index (κ2) is 9.19. The minimum Gasteiger partial charge on any atom is -0.489 e. The number of hydrogen-bond donors (Lipinski definition) is 0. The Balaban J connectivity index is 1.49. The van der Waals surface area contributed by atoms with E-state index in [4.69, 9.17) is 9.47 Å². The van der Waals surface area contributed by atoms with Crippen molar-refractivity contribution in [3.63, 3.8) is 0 Å². The molecule has 0 N–H and O–H groups in total. The molecule has 0 amide bonds. The molecule has 0 aliphatic carbocycles. The number of nitrogens with zero attached hydrogens (tertiary/aromatic N) is 2. The van der Waals surface area contributed by atoms with Crippen molar-refractivity contribution in [3.8, 4) is 5.75 Å². The lowest BCUT2D eigenvalue weighted by Gasteiger charge is -2.29. The molecule has 1 aliphatic heterocycles. The van der Waals surface area contributed by atoms with Crippen LogP contribution in [-0.2, 0) is 23.5 Å². The van der Waals surface area contributed by atoms with Crippen LogP contribution in [0.25, 0.3) is 10.9 Å². The molecule has 5 nitrogen and oxygen atoms in total. The first-order valence-electron chi connectivity index (χ1n) is 10.9. The molecule has 2 heterocycles. The highest BCUT2D eigenvalue weighted by Crippen LogP contribution is 2.38. The van der Waals surface area contributed by atoms with Gasteiger partial charge in [-0.25, -0.2) is 0 Å². The molecular formula is C25H27F3N2O3. The molecule has 1 fully saturated rings. The summed E-state index contributed by atoms with van der Waals surface area (Å²) in [6.45, 7) is 2.41. The Kier molecular flexibility index (Phi) is 6.50. The molecule has 1 aromatic heterocycles. The zero-order valence-electron chi connectivity index (χ0n) is 18.7. The molecule has 4 rings (SSSR count). The third kappa shape index (κ3) is 5.07. The summed E-state index contributed by atoms with van der Waals surface area (Å²) >= 11 is 0. The van der Waals surface area contributed by atoms with Crippen LogP contribution < -0.4 is 10.3 Å². The van der Waals surface area contributed by atoms with Crippen molar-refractivity contribution < 1.29 is 22.6 Å². The van der Waals surface area contributed by atoms with Crippen molar-refractivity contribution in [2.75, 3.05) is 26.7 Å². The van der Waals surface area contributed by atoms with E-state index in [1.54, 1.807) is 10.6 Å². The Morgan fingerprint density at radius 3 is 2.64 bits per heavy atom. The van der Waals surface area contributed by atoms with E-state index in [0.717, 1.165) is 22.0 Å². The van der Waals surface area contributed by atoms with Gasteiger partial charge in [-0.05, 0) is 60.2 Å². The Hall–Kier alpha value is -2.84. The second-order valence-electron chi connectivity index (χ2n) is 8.40. The third-order valence-corrected chi connectivity index (χ3v) is 6.24. The van der Waals surface area contributed by atoms with E-state index in [1.807, 2.05) is 55.5 Å². The van der Waals surface area contributed by atoms with Gasteiger partial charge >= 0.3 is 6.18 Å². The number of pyridine rings is 1. The van der Waals surface area contributed by atoms with Crippen LogP contribution in [0.4, 0.5) is 13.2 Å². The van der Waals surface area contributed by atoms with E-state index in [0.29, 0.717) is 31.9 Å².